The van der Waals surface area contributed by atoms with E-state index >= 15 is 0 Å². The van der Waals surface area contributed by atoms with Crippen molar-refractivity contribution in [3.05, 3.63) is 0 Å². The monoisotopic (exact) mass is 184 g/mol. The minimum absolute atomic E-state index is 0.606. The van der Waals surface area contributed by atoms with Crippen LogP contribution >= 0.6 is 0 Å². The zero-order chi connectivity index (χ0) is 9.15. The fourth-order valence-corrected chi connectivity index (χ4v) is 3.34. The Kier molecular flexibility index (Phi) is 2.89. The first-order valence-electron chi connectivity index (χ1n) is 6.02. The van der Waals surface area contributed by atoms with Crippen LogP contribution in [0.4, 0.5) is 0 Å². The van der Waals surface area contributed by atoms with Crippen LogP contribution < -0.4 is 10.6 Å². The molecular weight excluding hydrogens is 160 g/mol. The number of quaternary nitrogens is 2. The normalized spacial score (nSPS) is 29.3. The van der Waals surface area contributed by atoms with Gasteiger partial charge in [0.2, 0.25) is 0 Å². The molecule has 0 bridgehead atoms. The molecular formula is C11H24N2+2. The lowest BCUT2D eigenvalue weighted by atomic mass is 9.80. The Bertz CT molecular complexity index is 155. The molecule has 1 aliphatic heterocycles. The first kappa shape index (κ1) is 9.47. The maximum atomic E-state index is 4.21. The lowest BCUT2D eigenvalue weighted by Gasteiger charge is -2.39. The molecule has 0 aromatic rings. The van der Waals surface area contributed by atoms with Gasteiger partial charge in [0, 0.05) is 25.7 Å². The number of hydrogen-bond acceptors (Lipinski definition) is 0. The van der Waals surface area contributed by atoms with E-state index in [0.717, 1.165) is 0 Å². The zero-order valence-electron chi connectivity index (χ0n) is 8.78. The summed E-state index contributed by atoms with van der Waals surface area (Å²) in [4.78, 5) is 1.89. The second-order valence-electron chi connectivity index (χ2n) is 4.90. The molecule has 4 N–H and O–H groups in total. The van der Waals surface area contributed by atoms with Crippen molar-refractivity contribution in [2.75, 3.05) is 19.6 Å². The van der Waals surface area contributed by atoms with Crippen LogP contribution in [-0.4, -0.2) is 25.2 Å². The molecule has 1 heterocycles. The van der Waals surface area contributed by atoms with Crippen molar-refractivity contribution in [3.8, 4) is 0 Å². The van der Waals surface area contributed by atoms with E-state index in [4.69, 9.17) is 0 Å². The van der Waals surface area contributed by atoms with Gasteiger partial charge in [-0.15, -0.1) is 0 Å². The summed E-state index contributed by atoms with van der Waals surface area (Å²) in [7, 11) is 0. The van der Waals surface area contributed by atoms with Crippen molar-refractivity contribution >= 4 is 0 Å². The molecule has 0 amide bonds. The fourth-order valence-electron chi connectivity index (χ4n) is 3.34. The molecule has 1 aliphatic carbocycles. The topological polar surface area (TPSA) is 32.1 Å². The minimum Gasteiger partial charge on any atom is -0.352 e. The van der Waals surface area contributed by atoms with Crippen molar-refractivity contribution in [2.24, 2.45) is 0 Å². The molecule has 0 spiro atoms. The van der Waals surface area contributed by atoms with Gasteiger partial charge in [0.05, 0.1) is 13.1 Å². The fraction of sp³-hybridized carbons (Fsp3) is 1.00. The molecule has 13 heavy (non-hydrogen) atoms. The molecule has 0 unspecified atom stereocenters. The number of likely N-dealkylation sites (tertiary alicyclic amines) is 1. The summed E-state index contributed by atoms with van der Waals surface area (Å²) in [5.74, 6) is 0. The molecule has 2 aliphatic rings. The quantitative estimate of drug-likeness (QED) is 0.586. The van der Waals surface area contributed by atoms with Crippen molar-refractivity contribution in [1.29, 1.82) is 0 Å². The highest BCUT2D eigenvalue weighted by atomic mass is 15.2. The number of hydrogen-bond donors (Lipinski definition) is 2. The molecule has 1 saturated heterocycles. The van der Waals surface area contributed by atoms with Crippen LogP contribution in [0.3, 0.4) is 0 Å². The van der Waals surface area contributed by atoms with Crippen LogP contribution in [-0.2, 0) is 0 Å². The van der Waals surface area contributed by atoms with Crippen molar-refractivity contribution in [2.45, 2.75) is 50.5 Å². The molecule has 0 radical (unpaired) electrons. The first-order chi connectivity index (χ1) is 6.37. The zero-order valence-corrected chi connectivity index (χ0v) is 8.78. The van der Waals surface area contributed by atoms with Crippen LogP contribution in [0, 0.1) is 0 Å². The molecule has 2 heteroatoms. The van der Waals surface area contributed by atoms with Crippen LogP contribution in [0.25, 0.3) is 0 Å². The predicted molar refractivity (Wildman–Crippen MR) is 53.5 cm³/mol. The van der Waals surface area contributed by atoms with E-state index in [-0.39, 0.29) is 0 Å². The summed E-state index contributed by atoms with van der Waals surface area (Å²) in [5, 5.41) is 0. The Morgan fingerprint density at radius 2 is 1.54 bits per heavy atom. The van der Waals surface area contributed by atoms with Gasteiger partial charge in [0.15, 0.2) is 0 Å². The van der Waals surface area contributed by atoms with Gasteiger partial charge in [-0.1, -0.05) is 6.42 Å². The Hall–Kier alpha value is -0.0800. The van der Waals surface area contributed by atoms with E-state index in [0.29, 0.717) is 5.54 Å². The first-order valence-corrected chi connectivity index (χ1v) is 6.02. The Morgan fingerprint density at radius 3 is 2.08 bits per heavy atom. The van der Waals surface area contributed by atoms with Gasteiger partial charge < -0.3 is 10.6 Å². The summed E-state index contributed by atoms with van der Waals surface area (Å²) < 4.78 is 0. The third-order valence-electron chi connectivity index (χ3n) is 4.25. The van der Waals surface area contributed by atoms with E-state index in [1.807, 2.05) is 4.90 Å². The van der Waals surface area contributed by atoms with Gasteiger partial charge in [-0.3, -0.25) is 0 Å². The Balaban J connectivity index is 2.03. The van der Waals surface area contributed by atoms with Crippen LogP contribution in [0.2, 0.25) is 0 Å². The maximum absolute atomic E-state index is 4.21. The van der Waals surface area contributed by atoms with Gasteiger partial charge in [-0.2, -0.15) is 0 Å². The molecule has 0 aromatic heterocycles. The highest BCUT2D eigenvalue weighted by Gasteiger charge is 2.43. The Labute approximate surface area is 81.5 Å². The van der Waals surface area contributed by atoms with Gasteiger partial charge >= 0.3 is 0 Å². The third-order valence-corrected chi connectivity index (χ3v) is 4.25. The highest BCUT2D eigenvalue weighted by molar-refractivity contribution is 4.82. The molecule has 1 saturated carbocycles. The summed E-state index contributed by atoms with van der Waals surface area (Å²) in [6.45, 7) is 4.02. The minimum atomic E-state index is 0.606. The second-order valence-corrected chi connectivity index (χ2v) is 4.90. The molecule has 76 valence electrons. The van der Waals surface area contributed by atoms with E-state index < -0.39 is 0 Å². The largest absolute Gasteiger partial charge is 0.352 e. The maximum Gasteiger partial charge on any atom is 0.147 e. The highest BCUT2D eigenvalue weighted by Crippen LogP contribution is 2.25. The van der Waals surface area contributed by atoms with Gasteiger partial charge in [-0.25, -0.2) is 0 Å². The predicted octanol–water partition coefficient (Wildman–Crippen LogP) is -0.390. The van der Waals surface area contributed by atoms with Gasteiger partial charge in [0.25, 0.3) is 0 Å². The summed E-state index contributed by atoms with van der Waals surface area (Å²) >= 11 is 0. The molecule has 2 fully saturated rings. The van der Waals surface area contributed by atoms with Crippen molar-refractivity contribution in [3.63, 3.8) is 0 Å². The van der Waals surface area contributed by atoms with Crippen LogP contribution in [0.1, 0.15) is 44.9 Å². The lowest BCUT2D eigenvalue weighted by Crippen LogP contribution is -3.20. The van der Waals surface area contributed by atoms with E-state index in [1.54, 1.807) is 0 Å². The summed E-state index contributed by atoms with van der Waals surface area (Å²) in [6, 6.07) is 0. The summed E-state index contributed by atoms with van der Waals surface area (Å²) in [5.41, 5.74) is 4.81. The number of nitrogens with one attached hydrogen (secondary N) is 1. The molecule has 0 atom stereocenters. The SMILES string of the molecule is [NH3+]CC1([NH+]2CCCC2)CCCCC1. The Morgan fingerprint density at radius 1 is 0.923 bits per heavy atom. The van der Waals surface area contributed by atoms with Gasteiger partial charge in [0.1, 0.15) is 12.1 Å². The smallest absolute Gasteiger partial charge is 0.147 e. The average Bonchev–Trinajstić information content (AvgIpc) is 2.72. The van der Waals surface area contributed by atoms with E-state index in [1.165, 1.54) is 64.6 Å². The van der Waals surface area contributed by atoms with E-state index in [2.05, 4.69) is 5.73 Å². The standard InChI is InChI=1S/C11H22N2/c12-10-11(6-2-1-3-7-11)13-8-4-5-9-13/h1-10,12H2/p+2. The van der Waals surface area contributed by atoms with E-state index in [9.17, 15) is 0 Å². The molecule has 2 nitrogen and oxygen atoms in total. The molecule has 0 aromatic carbocycles. The second kappa shape index (κ2) is 3.97. The lowest BCUT2D eigenvalue weighted by molar-refractivity contribution is -0.950. The van der Waals surface area contributed by atoms with Crippen LogP contribution in [0.5, 0.6) is 0 Å². The average molecular weight is 184 g/mol. The summed E-state index contributed by atoms with van der Waals surface area (Å²) in [6.07, 6.45) is 10.2. The number of rotatable bonds is 2. The third kappa shape index (κ3) is 1.75. The van der Waals surface area contributed by atoms with Crippen molar-refractivity contribution in [1.82, 2.24) is 0 Å². The van der Waals surface area contributed by atoms with Crippen LogP contribution in [0.15, 0.2) is 0 Å². The van der Waals surface area contributed by atoms with Crippen molar-refractivity contribution < 1.29 is 10.6 Å². The molecule has 2 rings (SSSR count). The van der Waals surface area contributed by atoms with Gasteiger partial charge in [-0.05, 0) is 12.8 Å².